The van der Waals surface area contributed by atoms with Crippen molar-refractivity contribution in [3.05, 3.63) is 24.0 Å². The van der Waals surface area contributed by atoms with Crippen molar-refractivity contribution in [2.24, 2.45) is 5.92 Å². The summed E-state index contributed by atoms with van der Waals surface area (Å²) in [5, 5.41) is 18.0. The lowest BCUT2D eigenvalue weighted by molar-refractivity contribution is 0.231. The zero-order chi connectivity index (χ0) is 12.8. The van der Waals surface area contributed by atoms with E-state index < -0.39 is 12.9 Å². The fourth-order valence-electron chi connectivity index (χ4n) is 1.52. The average molecular weight is 240 g/mol. The van der Waals surface area contributed by atoms with E-state index in [0.29, 0.717) is 12.5 Å². The second-order valence-electron chi connectivity index (χ2n) is 4.06. The third-order valence-corrected chi connectivity index (χ3v) is 2.88. The lowest BCUT2D eigenvalue weighted by Gasteiger charge is -2.14. The Morgan fingerprint density at radius 1 is 1.29 bits per heavy atom. The molecule has 1 aromatic carbocycles. The molecule has 1 rings (SSSR count). The molecule has 2 N–H and O–H groups in total. The van der Waals surface area contributed by atoms with Gasteiger partial charge in [0.05, 0.1) is 6.61 Å². The van der Waals surface area contributed by atoms with Gasteiger partial charge in [0.1, 0.15) is 0 Å². The molecule has 5 heteroatoms. The molecular formula is C12H18BFO3. The molecule has 0 saturated heterocycles. The minimum Gasteiger partial charge on any atom is -0.490 e. The fourth-order valence-corrected chi connectivity index (χ4v) is 1.52. The lowest BCUT2D eigenvalue weighted by Crippen LogP contribution is -2.30. The van der Waals surface area contributed by atoms with Crippen molar-refractivity contribution < 1.29 is 19.2 Å². The zero-order valence-corrected chi connectivity index (χ0v) is 10.2. The van der Waals surface area contributed by atoms with Gasteiger partial charge < -0.3 is 14.8 Å². The maximum Gasteiger partial charge on any atom is 0.488 e. The summed E-state index contributed by atoms with van der Waals surface area (Å²) in [5.41, 5.74) is 0.228. The molecule has 0 bridgehead atoms. The van der Waals surface area contributed by atoms with Crippen LogP contribution in [0.2, 0.25) is 0 Å². The van der Waals surface area contributed by atoms with Crippen molar-refractivity contribution >= 4 is 12.6 Å². The molecule has 0 aliphatic heterocycles. The number of halogens is 1. The second kappa shape index (κ2) is 6.62. The van der Waals surface area contributed by atoms with Gasteiger partial charge in [-0.3, -0.25) is 0 Å². The quantitative estimate of drug-likeness (QED) is 0.737. The summed E-state index contributed by atoms with van der Waals surface area (Å²) in [4.78, 5) is 0. The molecule has 0 aliphatic carbocycles. The Morgan fingerprint density at radius 3 is 2.47 bits per heavy atom. The summed E-state index contributed by atoms with van der Waals surface area (Å²) in [7, 11) is -1.61. The Bertz CT molecular complexity index is 354. The van der Waals surface area contributed by atoms with Gasteiger partial charge in [0, 0.05) is 0 Å². The maximum atomic E-state index is 13.4. The van der Waals surface area contributed by atoms with Gasteiger partial charge in [-0.2, -0.15) is 0 Å². The molecule has 0 amide bonds. The van der Waals surface area contributed by atoms with Gasteiger partial charge in [-0.15, -0.1) is 0 Å². The van der Waals surface area contributed by atoms with Crippen molar-refractivity contribution in [2.45, 2.75) is 26.7 Å². The van der Waals surface area contributed by atoms with Crippen LogP contribution in [0.1, 0.15) is 26.7 Å². The largest absolute Gasteiger partial charge is 0.490 e. The standard InChI is InChI=1S/C12H18BFO3/c1-3-9(4-2)8-17-12-7-10(13(15)16)5-6-11(12)14/h5-7,9,15-16H,3-4,8H2,1-2H3. The maximum absolute atomic E-state index is 13.4. The number of hydrogen-bond acceptors (Lipinski definition) is 3. The Kier molecular flexibility index (Phi) is 5.45. The summed E-state index contributed by atoms with van der Waals surface area (Å²) in [6.45, 7) is 4.55. The SMILES string of the molecule is CCC(CC)COc1cc(B(O)O)ccc1F. The van der Waals surface area contributed by atoms with Crippen LogP contribution in [-0.4, -0.2) is 23.8 Å². The Morgan fingerprint density at radius 2 is 1.94 bits per heavy atom. The highest BCUT2D eigenvalue weighted by atomic mass is 19.1. The highest BCUT2D eigenvalue weighted by Gasteiger charge is 2.15. The molecule has 0 aromatic heterocycles. The van der Waals surface area contributed by atoms with E-state index in [4.69, 9.17) is 14.8 Å². The number of ether oxygens (including phenoxy) is 1. The number of benzene rings is 1. The Balaban J connectivity index is 2.72. The molecule has 1 aromatic rings. The van der Waals surface area contributed by atoms with Crippen molar-refractivity contribution in [3.8, 4) is 5.75 Å². The lowest BCUT2D eigenvalue weighted by atomic mass is 9.80. The van der Waals surface area contributed by atoms with Gasteiger partial charge in [0.25, 0.3) is 0 Å². The second-order valence-corrected chi connectivity index (χ2v) is 4.06. The summed E-state index contributed by atoms with van der Waals surface area (Å²) < 4.78 is 18.8. The molecule has 3 nitrogen and oxygen atoms in total. The molecule has 17 heavy (non-hydrogen) atoms. The van der Waals surface area contributed by atoms with E-state index in [1.807, 2.05) is 0 Å². The molecule has 0 radical (unpaired) electrons. The molecule has 0 aliphatic rings. The first kappa shape index (κ1) is 14.0. The highest BCUT2D eigenvalue weighted by molar-refractivity contribution is 6.58. The summed E-state index contributed by atoms with van der Waals surface area (Å²) in [6, 6.07) is 3.82. The molecule has 0 heterocycles. The zero-order valence-electron chi connectivity index (χ0n) is 10.2. The molecule has 0 atom stereocenters. The molecule has 0 unspecified atom stereocenters. The molecule has 94 valence electrons. The molecule has 0 saturated carbocycles. The van der Waals surface area contributed by atoms with Crippen LogP contribution in [0.15, 0.2) is 18.2 Å². The van der Waals surface area contributed by atoms with Crippen LogP contribution in [0.5, 0.6) is 5.75 Å². The monoisotopic (exact) mass is 240 g/mol. The normalized spacial score (nSPS) is 10.7. The van der Waals surface area contributed by atoms with Crippen molar-refractivity contribution in [1.29, 1.82) is 0 Å². The van der Waals surface area contributed by atoms with E-state index in [2.05, 4.69) is 13.8 Å². The third-order valence-electron chi connectivity index (χ3n) is 2.88. The molecule has 0 spiro atoms. The first-order valence-corrected chi connectivity index (χ1v) is 5.86. The van der Waals surface area contributed by atoms with Crippen molar-refractivity contribution in [1.82, 2.24) is 0 Å². The van der Waals surface area contributed by atoms with E-state index in [9.17, 15) is 4.39 Å². The van der Waals surface area contributed by atoms with Gasteiger partial charge in [0.15, 0.2) is 11.6 Å². The van der Waals surface area contributed by atoms with Crippen LogP contribution in [-0.2, 0) is 0 Å². The van der Waals surface area contributed by atoms with Crippen LogP contribution in [0, 0.1) is 11.7 Å². The van der Waals surface area contributed by atoms with Gasteiger partial charge in [-0.05, 0) is 23.5 Å². The fraction of sp³-hybridized carbons (Fsp3) is 0.500. The predicted octanol–water partition coefficient (Wildman–Crippen LogP) is 1.32. The van der Waals surface area contributed by atoms with E-state index >= 15 is 0 Å². The summed E-state index contributed by atoms with van der Waals surface area (Å²) in [5.74, 6) is -0.0278. The minimum atomic E-state index is -1.61. The molecule has 0 fully saturated rings. The smallest absolute Gasteiger partial charge is 0.488 e. The topological polar surface area (TPSA) is 49.7 Å². The van der Waals surface area contributed by atoms with Crippen LogP contribution < -0.4 is 10.2 Å². The van der Waals surface area contributed by atoms with E-state index in [1.54, 1.807) is 0 Å². The Hall–Kier alpha value is -1.07. The summed E-state index contributed by atoms with van der Waals surface area (Å²) in [6.07, 6.45) is 1.95. The number of rotatable bonds is 6. The van der Waals surface area contributed by atoms with Gasteiger partial charge in [-0.1, -0.05) is 32.8 Å². The highest BCUT2D eigenvalue weighted by Crippen LogP contribution is 2.17. The third kappa shape index (κ3) is 4.02. The van der Waals surface area contributed by atoms with E-state index in [-0.39, 0.29) is 11.2 Å². The first-order valence-electron chi connectivity index (χ1n) is 5.86. The van der Waals surface area contributed by atoms with Crippen LogP contribution in [0.4, 0.5) is 4.39 Å². The minimum absolute atomic E-state index is 0.0718. The summed E-state index contributed by atoms with van der Waals surface area (Å²) >= 11 is 0. The Labute approximate surface area is 101 Å². The van der Waals surface area contributed by atoms with E-state index in [0.717, 1.165) is 12.8 Å². The van der Waals surface area contributed by atoms with Crippen molar-refractivity contribution in [3.63, 3.8) is 0 Å². The number of hydrogen-bond donors (Lipinski definition) is 2. The average Bonchev–Trinajstić information content (AvgIpc) is 2.32. The van der Waals surface area contributed by atoms with Gasteiger partial charge in [-0.25, -0.2) is 4.39 Å². The molecular weight excluding hydrogens is 222 g/mol. The van der Waals surface area contributed by atoms with Crippen LogP contribution in [0.25, 0.3) is 0 Å². The van der Waals surface area contributed by atoms with E-state index in [1.165, 1.54) is 18.2 Å². The van der Waals surface area contributed by atoms with Crippen LogP contribution >= 0.6 is 0 Å². The van der Waals surface area contributed by atoms with Gasteiger partial charge >= 0.3 is 7.12 Å². The predicted molar refractivity (Wildman–Crippen MR) is 65.8 cm³/mol. The van der Waals surface area contributed by atoms with Crippen LogP contribution in [0.3, 0.4) is 0 Å². The van der Waals surface area contributed by atoms with Crippen molar-refractivity contribution in [2.75, 3.05) is 6.61 Å². The van der Waals surface area contributed by atoms with Gasteiger partial charge in [0.2, 0.25) is 0 Å². The first-order chi connectivity index (χ1) is 8.08.